The topological polar surface area (TPSA) is 45.0 Å². The molecule has 1 saturated carbocycles. The zero-order chi connectivity index (χ0) is 14.6. The van der Waals surface area contributed by atoms with Crippen molar-refractivity contribution < 1.29 is 4.74 Å². The number of benzene rings is 1. The van der Waals surface area contributed by atoms with Gasteiger partial charge in [-0.2, -0.15) is 5.26 Å². The number of anilines is 1. The average Bonchev–Trinajstić information content (AvgIpc) is 2.35. The SMILES string of the molecule is CC1CC(Nc2ccc(OCC#N)cc2)CC(C)(C)C1. The standard InChI is InChI=1S/C17H24N2O/c1-13-10-15(12-17(2,3)11-13)19-14-4-6-16(7-5-14)20-9-8-18/h4-7,13,15,19H,9-12H2,1-3H3. The minimum atomic E-state index is 0.0983. The predicted octanol–water partition coefficient (Wildman–Crippen LogP) is 4.22. The highest BCUT2D eigenvalue weighted by atomic mass is 16.5. The van der Waals surface area contributed by atoms with Gasteiger partial charge in [-0.1, -0.05) is 20.8 Å². The first-order valence-corrected chi connectivity index (χ1v) is 7.35. The van der Waals surface area contributed by atoms with Crippen molar-refractivity contribution >= 4 is 5.69 Å². The third-order valence-corrected chi connectivity index (χ3v) is 3.92. The number of nitrogens with zero attached hydrogens (tertiary/aromatic N) is 1. The van der Waals surface area contributed by atoms with Crippen LogP contribution in [0.3, 0.4) is 0 Å². The first-order valence-electron chi connectivity index (χ1n) is 7.35. The fourth-order valence-electron chi connectivity index (χ4n) is 3.45. The summed E-state index contributed by atoms with van der Waals surface area (Å²) in [6.45, 7) is 7.15. The van der Waals surface area contributed by atoms with Crippen molar-refractivity contribution in [2.75, 3.05) is 11.9 Å². The van der Waals surface area contributed by atoms with Gasteiger partial charge >= 0.3 is 0 Å². The van der Waals surface area contributed by atoms with E-state index >= 15 is 0 Å². The summed E-state index contributed by atoms with van der Waals surface area (Å²) in [5.41, 5.74) is 1.55. The van der Waals surface area contributed by atoms with Gasteiger partial charge in [-0.25, -0.2) is 0 Å². The van der Waals surface area contributed by atoms with Crippen LogP contribution in [0, 0.1) is 22.7 Å². The van der Waals surface area contributed by atoms with E-state index in [-0.39, 0.29) is 6.61 Å². The van der Waals surface area contributed by atoms with E-state index in [0.29, 0.717) is 11.5 Å². The first-order chi connectivity index (χ1) is 9.48. The number of nitriles is 1. The van der Waals surface area contributed by atoms with Crippen molar-refractivity contribution in [1.82, 2.24) is 0 Å². The lowest BCUT2D eigenvalue weighted by molar-refractivity contribution is 0.178. The summed E-state index contributed by atoms with van der Waals surface area (Å²) in [5, 5.41) is 12.1. The highest BCUT2D eigenvalue weighted by Crippen LogP contribution is 2.39. The Bertz CT molecular complexity index is 473. The molecule has 20 heavy (non-hydrogen) atoms. The van der Waals surface area contributed by atoms with E-state index in [4.69, 9.17) is 10.00 Å². The van der Waals surface area contributed by atoms with E-state index in [1.165, 1.54) is 19.3 Å². The van der Waals surface area contributed by atoms with Gasteiger partial charge in [-0.15, -0.1) is 0 Å². The molecule has 0 saturated heterocycles. The summed E-state index contributed by atoms with van der Waals surface area (Å²) in [6.07, 6.45) is 3.76. The molecular formula is C17H24N2O. The maximum atomic E-state index is 8.49. The molecule has 0 aromatic heterocycles. The number of hydrogen-bond acceptors (Lipinski definition) is 3. The Morgan fingerprint density at radius 3 is 2.60 bits per heavy atom. The largest absolute Gasteiger partial charge is 0.479 e. The van der Waals surface area contributed by atoms with Gasteiger partial charge in [-0.3, -0.25) is 0 Å². The lowest BCUT2D eigenvalue weighted by atomic mass is 9.70. The van der Waals surface area contributed by atoms with Crippen LogP contribution >= 0.6 is 0 Å². The fraction of sp³-hybridized carbons (Fsp3) is 0.588. The van der Waals surface area contributed by atoms with E-state index in [9.17, 15) is 0 Å². The Morgan fingerprint density at radius 1 is 1.30 bits per heavy atom. The normalized spacial score (nSPS) is 24.7. The lowest BCUT2D eigenvalue weighted by Crippen LogP contribution is -2.35. The van der Waals surface area contributed by atoms with E-state index < -0.39 is 0 Å². The molecule has 3 heteroatoms. The van der Waals surface area contributed by atoms with Crippen LogP contribution in [0.25, 0.3) is 0 Å². The molecule has 0 aliphatic heterocycles. The van der Waals surface area contributed by atoms with Gasteiger partial charge in [0, 0.05) is 11.7 Å². The van der Waals surface area contributed by atoms with Gasteiger partial charge < -0.3 is 10.1 Å². The minimum absolute atomic E-state index is 0.0983. The molecule has 1 N–H and O–H groups in total. The zero-order valence-corrected chi connectivity index (χ0v) is 12.6. The van der Waals surface area contributed by atoms with E-state index in [1.54, 1.807) is 0 Å². The van der Waals surface area contributed by atoms with Gasteiger partial charge in [0.1, 0.15) is 11.8 Å². The molecule has 108 valence electrons. The minimum Gasteiger partial charge on any atom is -0.479 e. The Balaban J connectivity index is 1.94. The second kappa shape index (κ2) is 6.17. The molecule has 0 spiro atoms. The quantitative estimate of drug-likeness (QED) is 0.892. The van der Waals surface area contributed by atoms with Gasteiger partial charge in [0.05, 0.1) is 0 Å². The Hall–Kier alpha value is -1.69. The summed E-state index contributed by atoms with van der Waals surface area (Å²) >= 11 is 0. The third-order valence-electron chi connectivity index (χ3n) is 3.92. The molecule has 1 aromatic rings. The molecule has 0 heterocycles. The summed E-state index contributed by atoms with van der Waals surface area (Å²) < 4.78 is 5.26. The molecule has 2 rings (SSSR count). The predicted molar refractivity (Wildman–Crippen MR) is 81.8 cm³/mol. The summed E-state index contributed by atoms with van der Waals surface area (Å²) in [6, 6.07) is 10.4. The van der Waals surface area contributed by atoms with E-state index in [2.05, 4.69) is 26.1 Å². The lowest BCUT2D eigenvalue weighted by Gasteiger charge is -2.39. The Labute approximate surface area is 121 Å². The van der Waals surface area contributed by atoms with Gasteiger partial charge in [0.25, 0.3) is 0 Å². The summed E-state index contributed by atoms with van der Waals surface area (Å²) in [7, 11) is 0. The van der Waals surface area contributed by atoms with Crippen LogP contribution in [0.5, 0.6) is 5.75 Å². The maximum absolute atomic E-state index is 8.49. The molecule has 1 fully saturated rings. The number of nitrogens with one attached hydrogen (secondary N) is 1. The molecule has 0 bridgehead atoms. The number of hydrogen-bond donors (Lipinski definition) is 1. The Kier molecular flexibility index (Phi) is 4.54. The molecular weight excluding hydrogens is 248 g/mol. The maximum Gasteiger partial charge on any atom is 0.174 e. The average molecular weight is 272 g/mol. The van der Waals surface area contributed by atoms with Crippen LogP contribution in [0.1, 0.15) is 40.0 Å². The molecule has 3 nitrogen and oxygen atoms in total. The van der Waals surface area contributed by atoms with Crippen molar-refractivity contribution in [2.24, 2.45) is 11.3 Å². The third kappa shape index (κ3) is 4.16. The van der Waals surface area contributed by atoms with Crippen molar-refractivity contribution in [2.45, 2.75) is 46.1 Å². The molecule has 0 radical (unpaired) electrons. The van der Waals surface area contributed by atoms with Crippen LogP contribution in [0.4, 0.5) is 5.69 Å². The van der Waals surface area contributed by atoms with Crippen LogP contribution in [-0.2, 0) is 0 Å². The van der Waals surface area contributed by atoms with Gasteiger partial charge in [-0.05, 0) is 54.9 Å². The van der Waals surface area contributed by atoms with Gasteiger partial charge in [0.2, 0.25) is 0 Å². The number of ether oxygens (including phenoxy) is 1. The fourth-order valence-corrected chi connectivity index (χ4v) is 3.45. The van der Waals surface area contributed by atoms with E-state index in [0.717, 1.165) is 17.4 Å². The highest BCUT2D eigenvalue weighted by molar-refractivity contribution is 5.47. The van der Waals surface area contributed by atoms with Gasteiger partial charge in [0.15, 0.2) is 6.61 Å². The second-order valence-electron chi connectivity index (χ2n) is 6.73. The highest BCUT2D eigenvalue weighted by Gasteiger charge is 2.31. The smallest absolute Gasteiger partial charge is 0.174 e. The van der Waals surface area contributed by atoms with Crippen molar-refractivity contribution in [3.8, 4) is 11.8 Å². The molecule has 1 aliphatic carbocycles. The van der Waals surface area contributed by atoms with Crippen molar-refractivity contribution in [3.05, 3.63) is 24.3 Å². The Morgan fingerprint density at radius 2 is 2.00 bits per heavy atom. The molecule has 2 unspecified atom stereocenters. The summed E-state index contributed by atoms with van der Waals surface area (Å²) in [5.74, 6) is 1.52. The number of rotatable bonds is 4. The van der Waals surface area contributed by atoms with Crippen molar-refractivity contribution in [1.29, 1.82) is 5.26 Å². The monoisotopic (exact) mass is 272 g/mol. The molecule has 2 atom stereocenters. The second-order valence-corrected chi connectivity index (χ2v) is 6.73. The van der Waals surface area contributed by atoms with Crippen LogP contribution in [0.2, 0.25) is 0 Å². The first kappa shape index (κ1) is 14.7. The molecule has 1 aromatic carbocycles. The molecule has 0 amide bonds. The summed E-state index contributed by atoms with van der Waals surface area (Å²) in [4.78, 5) is 0. The molecule has 1 aliphatic rings. The van der Waals surface area contributed by atoms with Crippen molar-refractivity contribution in [3.63, 3.8) is 0 Å². The zero-order valence-electron chi connectivity index (χ0n) is 12.6. The van der Waals surface area contributed by atoms with Crippen LogP contribution in [0.15, 0.2) is 24.3 Å². The van der Waals surface area contributed by atoms with Crippen LogP contribution < -0.4 is 10.1 Å². The van der Waals surface area contributed by atoms with E-state index in [1.807, 2.05) is 30.3 Å². The van der Waals surface area contributed by atoms with Crippen LogP contribution in [-0.4, -0.2) is 12.6 Å².